The lowest BCUT2D eigenvalue weighted by molar-refractivity contribution is -0.161. The van der Waals surface area contributed by atoms with Crippen LogP contribution in [-0.4, -0.2) is 96.7 Å². The predicted octanol–water partition coefficient (Wildman–Crippen LogP) is 17.4. The smallest absolute Gasteiger partial charge is 0.462 e. The molecule has 0 saturated heterocycles. The van der Waals surface area contributed by atoms with E-state index < -0.39 is 97.5 Å². The number of rotatable bonds is 61. The summed E-state index contributed by atoms with van der Waals surface area (Å²) in [4.78, 5) is 72.2. The van der Waals surface area contributed by atoms with Crippen LogP contribution in [0.5, 0.6) is 0 Å². The van der Waals surface area contributed by atoms with Crippen molar-refractivity contribution in [2.75, 3.05) is 39.6 Å². The van der Waals surface area contributed by atoms with Crippen LogP contribution >= 0.6 is 15.6 Å². The van der Waals surface area contributed by atoms with Crippen molar-refractivity contribution in [3.63, 3.8) is 0 Å². The first-order valence-electron chi connectivity index (χ1n) is 33.2. The van der Waals surface area contributed by atoms with E-state index in [2.05, 4.69) is 55.4 Å². The molecule has 0 radical (unpaired) electrons. The fourth-order valence-corrected chi connectivity index (χ4v) is 11.0. The average Bonchev–Trinajstić information content (AvgIpc) is 3.44. The van der Waals surface area contributed by atoms with E-state index in [1.54, 1.807) is 0 Å². The summed E-state index contributed by atoms with van der Waals surface area (Å²) in [6.07, 6.45) is 33.7. The normalized spacial score (nSPS) is 14.8. The molecule has 83 heavy (non-hydrogen) atoms. The number of hydrogen-bond donors (Lipinski definition) is 3. The van der Waals surface area contributed by atoms with Crippen LogP contribution in [0.15, 0.2) is 0 Å². The van der Waals surface area contributed by atoms with Gasteiger partial charge in [-0.3, -0.25) is 37.3 Å². The lowest BCUT2D eigenvalue weighted by Crippen LogP contribution is -2.30. The van der Waals surface area contributed by atoms with Crippen LogP contribution < -0.4 is 0 Å². The van der Waals surface area contributed by atoms with E-state index in [1.807, 2.05) is 0 Å². The quantitative estimate of drug-likeness (QED) is 0.0222. The SMILES string of the molecule is CCC(C)CCCCCCCCC(=O)OC[C@H](COP(=O)(O)OC[C@H](O)COP(=O)(O)OC[C@@H](COC(=O)CCCCCCCCCCC(C)C)OC(=O)CCCCCCCCC(C)C)OC(=O)CCCCCCCCCCCCC(C)C. The van der Waals surface area contributed by atoms with Crippen LogP contribution in [0.2, 0.25) is 0 Å². The van der Waals surface area contributed by atoms with Gasteiger partial charge in [0.1, 0.15) is 19.3 Å². The first-order valence-corrected chi connectivity index (χ1v) is 36.2. The van der Waals surface area contributed by atoms with Gasteiger partial charge in [0, 0.05) is 25.7 Å². The largest absolute Gasteiger partial charge is 0.472 e. The maximum Gasteiger partial charge on any atom is 0.472 e. The van der Waals surface area contributed by atoms with Crippen molar-refractivity contribution in [3.8, 4) is 0 Å². The van der Waals surface area contributed by atoms with Gasteiger partial charge in [-0.15, -0.1) is 0 Å². The zero-order chi connectivity index (χ0) is 61.8. The van der Waals surface area contributed by atoms with E-state index >= 15 is 0 Å². The molecule has 0 aliphatic carbocycles. The number of esters is 4. The molecule has 3 N–H and O–H groups in total. The Morgan fingerprint density at radius 3 is 0.855 bits per heavy atom. The van der Waals surface area contributed by atoms with Crippen LogP contribution in [0.1, 0.15) is 306 Å². The standard InChI is InChI=1S/C64H124O17P2/c1-9-57(8)43-35-27-21-23-29-37-45-62(67)75-51-59(80-63(68)46-38-30-19-13-11-10-12-16-24-32-40-54(2)3)52-78-82(70,71)76-48-58(65)49-77-83(72,73)79-53-60(81-64(69)47-39-31-22-20-26-34-42-56(6)7)50-74-61(66)44-36-28-18-15-14-17-25-33-41-55(4)5/h54-60,65H,9-53H2,1-8H3,(H,70,71)(H,72,73)/t57?,58-,59+,60+/m0/s1. The second-order valence-electron chi connectivity index (χ2n) is 24.8. The number of hydrogen-bond acceptors (Lipinski definition) is 15. The van der Waals surface area contributed by atoms with Crippen LogP contribution in [0.25, 0.3) is 0 Å². The molecule has 0 bridgehead atoms. The molecule has 0 saturated carbocycles. The van der Waals surface area contributed by atoms with Crippen molar-refractivity contribution in [2.24, 2.45) is 23.7 Å². The van der Waals surface area contributed by atoms with Crippen LogP contribution in [0, 0.1) is 23.7 Å². The molecule has 3 unspecified atom stereocenters. The molecule has 0 amide bonds. The summed E-state index contributed by atoms with van der Waals surface area (Å²) in [6, 6.07) is 0. The molecule has 6 atom stereocenters. The molecule has 0 spiro atoms. The van der Waals surface area contributed by atoms with Gasteiger partial charge in [-0.1, -0.05) is 254 Å². The van der Waals surface area contributed by atoms with Gasteiger partial charge in [-0.05, 0) is 49.4 Å². The Bertz CT molecular complexity index is 1660. The van der Waals surface area contributed by atoms with E-state index in [-0.39, 0.29) is 25.7 Å². The Balaban J connectivity index is 5.25. The van der Waals surface area contributed by atoms with Crippen LogP contribution in [0.4, 0.5) is 0 Å². The van der Waals surface area contributed by atoms with E-state index in [9.17, 15) is 43.2 Å². The zero-order valence-electron chi connectivity index (χ0n) is 53.8. The van der Waals surface area contributed by atoms with Crippen molar-refractivity contribution in [2.45, 2.75) is 324 Å². The highest BCUT2D eigenvalue weighted by molar-refractivity contribution is 7.47. The number of carbonyl (C=O) groups excluding carboxylic acids is 4. The van der Waals surface area contributed by atoms with Crippen LogP contribution in [-0.2, 0) is 65.4 Å². The Hall–Kier alpha value is -1.94. The fourth-order valence-electron chi connectivity index (χ4n) is 9.40. The molecule has 0 rings (SSSR count). The van der Waals surface area contributed by atoms with Gasteiger partial charge in [-0.25, -0.2) is 9.13 Å². The number of aliphatic hydroxyl groups excluding tert-OH is 1. The second-order valence-corrected chi connectivity index (χ2v) is 27.7. The van der Waals surface area contributed by atoms with Gasteiger partial charge in [0.05, 0.1) is 26.4 Å². The summed E-state index contributed by atoms with van der Waals surface area (Å²) in [6.45, 7) is 13.9. The third-order valence-corrected chi connectivity index (χ3v) is 16.8. The molecule has 0 aromatic heterocycles. The van der Waals surface area contributed by atoms with Crippen molar-refractivity contribution in [1.29, 1.82) is 0 Å². The third kappa shape index (κ3) is 57.6. The van der Waals surface area contributed by atoms with Crippen molar-refractivity contribution < 1.29 is 80.2 Å². The van der Waals surface area contributed by atoms with Crippen LogP contribution in [0.3, 0.4) is 0 Å². The predicted molar refractivity (Wildman–Crippen MR) is 331 cm³/mol. The van der Waals surface area contributed by atoms with Gasteiger partial charge in [0.15, 0.2) is 12.2 Å². The molecule has 0 fully saturated rings. The molecule has 0 aromatic carbocycles. The molecular formula is C64H124O17P2. The van der Waals surface area contributed by atoms with E-state index in [1.165, 1.54) is 103 Å². The number of unbranched alkanes of at least 4 members (excludes halogenated alkanes) is 26. The lowest BCUT2D eigenvalue weighted by Gasteiger charge is -2.21. The minimum Gasteiger partial charge on any atom is -0.462 e. The maximum atomic E-state index is 13.0. The first kappa shape index (κ1) is 81.1. The topological polar surface area (TPSA) is 237 Å². The molecule has 0 aliphatic heterocycles. The average molecular weight is 1230 g/mol. The lowest BCUT2D eigenvalue weighted by atomic mass is 10.00. The Morgan fingerprint density at radius 1 is 0.337 bits per heavy atom. The third-order valence-electron chi connectivity index (χ3n) is 14.9. The summed E-state index contributed by atoms with van der Waals surface area (Å²) >= 11 is 0. The van der Waals surface area contributed by atoms with Crippen molar-refractivity contribution in [1.82, 2.24) is 0 Å². The highest BCUT2D eigenvalue weighted by Crippen LogP contribution is 2.45. The first-order chi connectivity index (χ1) is 39.6. The highest BCUT2D eigenvalue weighted by atomic mass is 31.2. The minimum atomic E-state index is -4.95. The summed E-state index contributed by atoms with van der Waals surface area (Å²) in [5.41, 5.74) is 0. The number of phosphoric ester groups is 2. The van der Waals surface area contributed by atoms with E-state index in [0.717, 1.165) is 114 Å². The minimum absolute atomic E-state index is 0.101. The Kier molecular flexibility index (Phi) is 53.0. The molecule has 17 nitrogen and oxygen atoms in total. The Labute approximate surface area is 505 Å². The van der Waals surface area contributed by atoms with E-state index in [4.69, 9.17) is 37.0 Å². The summed E-state index contributed by atoms with van der Waals surface area (Å²) < 4.78 is 68.0. The number of ether oxygens (including phenoxy) is 4. The van der Waals surface area contributed by atoms with Gasteiger partial charge in [-0.2, -0.15) is 0 Å². The zero-order valence-corrected chi connectivity index (χ0v) is 55.6. The number of phosphoric acid groups is 2. The van der Waals surface area contributed by atoms with Crippen molar-refractivity contribution in [3.05, 3.63) is 0 Å². The molecule has 0 heterocycles. The van der Waals surface area contributed by atoms with E-state index in [0.29, 0.717) is 31.6 Å². The number of aliphatic hydroxyl groups is 1. The fraction of sp³-hybridized carbons (Fsp3) is 0.938. The summed E-state index contributed by atoms with van der Waals surface area (Å²) in [7, 11) is -9.89. The second kappa shape index (κ2) is 54.2. The molecule has 0 aromatic rings. The maximum absolute atomic E-state index is 13.0. The monoisotopic (exact) mass is 1230 g/mol. The molecule has 0 aliphatic rings. The summed E-state index contributed by atoms with van der Waals surface area (Å²) in [5.74, 6) is 0.735. The molecule has 492 valence electrons. The summed E-state index contributed by atoms with van der Waals surface area (Å²) in [5, 5.41) is 10.5. The molecule has 19 heteroatoms. The molecular weight excluding hydrogens is 1100 g/mol. The number of carbonyl (C=O) groups is 4. The van der Waals surface area contributed by atoms with Crippen molar-refractivity contribution >= 4 is 39.5 Å². The van der Waals surface area contributed by atoms with Gasteiger partial charge in [0.2, 0.25) is 0 Å². The Morgan fingerprint density at radius 2 is 0.578 bits per heavy atom. The van der Waals surface area contributed by atoms with Gasteiger partial charge >= 0.3 is 39.5 Å². The van der Waals surface area contributed by atoms with Gasteiger partial charge < -0.3 is 33.8 Å². The van der Waals surface area contributed by atoms with Gasteiger partial charge in [0.25, 0.3) is 0 Å². The highest BCUT2D eigenvalue weighted by Gasteiger charge is 2.30.